The van der Waals surface area contributed by atoms with Gasteiger partial charge in [-0.3, -0.25) is 23.7 Å². The smallest absolute Gasteiger partial charge is 0.459 e. The molecule has 0 bridgehead atoms. The van der Waals surface area contributed by atoms with E-state index in [2.05, 4.69) is 14.8 Å². The fourth-order valence-electron chi connectivity index (χ4n) is 3.19. The predicted octanol–water partition coefficient (Wildman–Crippen LogP) is 2.48. The van der Waals surface area contributed by atoms with Gasteiger partial charge in [-0.2, -0.15) is 5.09 Å². The summed E-state index contributed by atoms with van der Waals surface area (Å²) in [5.41, 5.74) is -1.06. The summed E-state index contributed by atoms with van der Waals surface area (Å²) in [7, 11) is -3.13. The largest absolute Gasteiger partial charge is 0.468 e. The molecule has 0 aliphatic carbocycles. The summed E-state index contributed by atoms with van der Waals surface area (Å²) in [6.07, 6.45) is -2.76. The molecule has 0 spiro atoms. The first kappa shape index (κ1) is 26.1. The predicted molar refractivity (Wildman–Crippen MR) is 120 cm³/mol. The zero-order valence-electron chi connectivity index (χ0n) is 18.5. The molecule has 1 saturated heterocycles. The van der Waals surface area contributed by atoms with Gasteiger partial charge < -0.3 is 14.0 Å². The summed E-state index contributed by atoms with van der Waals surface area (Å²) < 4.78 is 50.3. The van der Waals surface area contributed by atoms with Crippen molar-refractivity contribution >= 4 is 25.3 Å². The molecule has 0 saturated carbocycles. The third-order valence-electron chi connectivity index (χ3n) is 4.99. The van der Waals surface area contributed by atoms with E-state index in [1.54, 1.807) is 12.1 Å². The van der Waals surface area contributed by atoms with Crippen molar-refractivity contribution in [3.8, 4) is 5.75 Å². The minimum absolute atomic E-state index is 0.00866. The molecule has 14 heteroatoms. The van der Waals surface area contributed by atoms with Crippen molar-refractivity contribution in [2.75, 3.05) is 13.7 Å². The molecule has 1 unspecified atom stereocenters. The second kappa shape index (κ2) is 10.8. The number of nitrogens with one attached hydrogen (secondary N) is 2. The molecule has 34 heavy (non-hydrogen) atoms. The van der Waals surface area contributed by atoms with Crippen LogP contribution in [0.1, 0.15) is 25.1 Å². The van der Waals surface area contributed by atoms with Crippen LogP contribution >= 0.6 is 19.3 Å². The Balaban J connectivity index is 1.76. The fourth-order valence-corrected chi connectivity index (χ4v) is 4.94. The molecule has 186 valence electrons. The van der Waals surface area contributed by atoms with Crippen LogP contribution in [-0.4, -0.2) is 47.6 Å². The number of esters is 1. The van der Waals surface area contributed by atoms with E-state index in [9.17, 15) is 23.3 Å². The first-order valence-electron chi connectivity index (χ1n) is 10.2. The number of alkyl halides is 1. The number of hydrogen-bond donors (Lipinski definition) is 2. The van der Waals surface area contributed by atoms with Crippen LogP contribution in [-0.2, 0) is 23.4 Å². The van der Waals surface area contributed by atoms with Crippen molar-refractivity contribution in [3.63, 3.8) is 0 Å². The highest BCUT2D eigenvalue weighted by Crippen LogP contribution is 2.47. The highest BCUT2D eigenvalue weighted by Gasteiger charge is 2.40. The van der Waals surface area contributed by atoms with Gasteiger partial charge in [0.2, 0.25) is 0 Å². The molecule has 0 amide bonds. The summed E-state index contributed by atoms with van der Waals surface area (Å²) in [5.74, 6) is -0.728. The Bertz CT molecular complexity index is 1200. The molecule has 1 aliphatic rings. The molecule has 0 radical (unpaired) electrons. The lowest BCUT2D eigenvalue weighted by Crippen LogP contribution is -2.36. The highest BCUT2D eigenvalue weighted by atomic mass is 35.5. The van der Waals surface area contributed by atoms with E-state index in [0.29, 0.717) is 0 Å². The number of carbonyl (C=O) groups is 1. The first-order chi connectivity index (χ1) is 16.0. The minimum atomic E-state index is -4.28. The van der Waals surface area contributed by atoms with Crippen LogP contribution in [0.25, 0.3) is 0 Å². The van der Waals surface area contributed by atoms with E-state index in [1.165, 1.54) is 32.2 Å². The molecule has 11 nitrogen and oxygen atoms in total. The highest BCUT2D eigenvalue weighted by molar-refractivity contribution is 7.52. The fraction of sp³-hybridized carbons (Fsp3) is 0.450. The number of halogens is 2. The van der Waals surface area contributed by atoms with Gasteiger partial charge in [0.1, 0.15) is 30.3 Å². The van der Waals surface area contributed by atoms with Crippen LogP contribution in [0, 0.1) is 6.92 Å². The molecule has 3 rings (SSSR count). The molecule has 2 heterocycles. The normalized spacial score (nSPS) is 22.7. The Morgan fingerprint density at radius 3 is 2.79 bits per heavy atom. The molecule has 2 N–H and O–H groups in total. The molecule has 2 aromatic rings. The van der Waals surface area contributed by atoms with Gasteiger partial charge in [-0.05, 0) is 26.0 Å². The van der Waals surface area contributed by atoms with Crippen molar-refractivity contribution in [3.05, 3.63) is 61.9 Å². The quantitative estimate of drug-likeness (QED) is 0.378. The van der Waals surface area contributed by atoms with Crippen LogP contribution in [0.15, 0.2) is 40.1 Å². The van der Waals surface area contributed by atoms with Crippen molar-refractivity contribution < 1.29 is 32.3 Å². The van der Waals surface area contributed by atoms with Gasteiger partial charge in [-0.1, -0.05) is 23.7 Å². The number of para-hydroxylation sites is 1. The van der Waals surface area contributed by atoms with Crippen molar-refractivity contribution in [1.29, 1.82) is 0 Å². The van der Waals surface area contributed by atoms with Gasteiger partial charge in [-0.25, -0.2) is 13.8 Å². The number of rotatable bonds is 9. The van der Waals surface area contributed by atoms with Crippen molar-refractivity contribution in [2.24, 2.45) is 0 Å². The van der Waals surface area contributed by atoms with E-state index >= 15 is 0 Å². The topological polar surface area (TPSA) is 138 Å². The SMILES string of the molecule is COC(=O)[C@H](C)NP(=O)(OC[C@H]1O[C@@H](n2cc(C)c(=O)[nH]c2=O)C[C@@H]1F)Oc1ccccc1Cl. The number of H-pyrrole nitrogens is 1. The number of aromatic amines is 1. The molecule has 5 atom stereocenters. The van der Waals surface area contributed by atoms with Crippen LogP contribution in [0.3, 0.4) is 0 Å². The Morgan fingerprint density at radius 2 is 2.12 bits per heavy atom. The Hall–Kier alpha value is -2.50. The van der Waals surface area contributed by atoms with Crippen LogP contribution < -0.4 is 20.9 Å². The molecule has 1 fully saturated rings. The summed E-state index contributed by atoms with van der Waals surface area (Å²) in [6, 6.07) is 5.05. The van der Waals surface area contributed by atoms with E-state index in [1.807, 2.05) is 0 Å². The number of methoxy groups -OCH3 is 1. The van der Waals surface area contributed by atoms with Crippen LogP contribution in [0.5, 0.6) is 5.75 Å². The lowest BCUT2D eigenvalue weighted by atomic mass is 10.2. The molecule has 1 aromatic carbocycles. The van der Waals surface area contributed by atoms with Gasteiger partial charge in [0.25, 0.3) is 5.56 Å². The number of carbonyl (C=O) groups excluding carboxylic acids is 1. The van der Waals surface area contributed by atoms with Crippen molar-refractivity contribution in [1.82, 2.24) is 14.6 Å². The first-order valence-corrected chi connectivity index (χ1v) is 12.1. The molecular weight excluding hydrogens is 496 g/mol. The van der Waals surface area contributed by atoms with E-state index in [0.717, 1.165) is 11.7 Å². The zero-order chi connectivity index (χ0) is 25.0. The van der Waals surface area contributed by atoms with Gasteiger partial charge in [0.05, 0.1) is 18.7 Å². The number of aromatic nitrogens is 2. The monoisotopic (exact) mass is 519 g/mol. The maximum atomic E-state index is 14.7. The summed E-state index contributed by atoms with van der Waals surface area (Å²) >= 11 is 6.07. The number of nitrogens with zero attached hydrogens (tertiary/aromatic N) is 1. The number of ether oxygens (including phenoxy) is 2. The third-order valence-corrected chi connectivity index (χ3v) is 6.93. The average molecular weight is 520 g/mol. The average Bonchev–Trinajstić information content (AvgIpc) is 3.16. The summed E-state index contributed by atoms with van der Waals surface area (Å²) in [4.78, 5) is 37.6. The van der Waals surface area contributed by atoms with Gasteiger partial charge in [0, 0.05) is 18.2 Å². The number of aryl methyl sites for hydroxylation is 1. The van der Waals surface area contributed by atoms with E-state index in [4.69, 9.17) is 25.4 Å². The van der Waals surface area contributed by atoms with Gasteiger partial charge in [-0.15, -0.1) is 0 Å². The third kappa shape index (κ3) is 6.13. The molecule has 1 aliphatic heterocycles. The van der Waals surface area contributed by atoms with Crippen LogP contribution in [0.4, 0.5) is 4.39 Å². The number of benzene rings is 1. The second-order valence-electron chi connectivity index (χ2n) is 7.55. The Labute approximate surface area is 198 Å². The van der Waals surface area contributed by atoms with Crippen molar-refractivity contribution in [2.45, 2.75) is 44.8 Å². The Kier molecular flexibility index (Phi) is 8.32. The Morgan fingerprint density at radius 1 is 1.41 bits per heavy atom. The molecule has 1 aromatic heterocycles. The van der Waals surface area contributed by atoms with Gasteiger partial charge >= 0.3 is 19.4 Å². The standard InChI is InChI=1S/C20H24ClFN3O8P/c1-11-9-25(20(28)23-18(11)26)17-8-14(22)16(32-17)10-31-34(29,24-12(2)19(27)30-3)33-15-7-5-4-6-13(15)21/h4-7,9,12,14,16-17H,8,10H2,1-3H3,(H,24,29)(H,23,26,28)/t12-,14-,16+,17+,34?/m0/s1. The summed E-state index contributed by atoms with van der Waals surface area (Å²) in [5, 5.41) is 2.56. The maximum Gasteiger partial charge on any atom is 0.459 e. The van der Waals surface area contributed by atoms with E-state index in [-0.39, 0.29) is 22.8 Å². The summed E-state index contributed by atoms with van der Waals surface area (Å²) in [6.45, 7) is 2.33. The molecular formula is C20H24ClFN3O8P. The lowest BCUT2D eigenvalue weighted by Gasteiger charge is -2.24. The van der Waals surface area contributed by atoms with Gasteiger partial charge in [0.15, 0.2) is 0 Å². The maximum absolute atomic E-state index is 14.7. The lowest BCUT2D eigenvalue weighted by molar-refractivity contribution is -0.142. The van der Waals surface area contributed by atoms with Crippen LogP contribution in [0.2, 0.25) is 5.02 Å². The zero-order valence-corrected chi connectivity index (χ0v) is 20.2. The number of hydrogen-bond acceptors (Lipinski definition) is 8. The van der Waals surface area contributed by atoms with E-state index < -0.39 is 56.1 Å². The minimum Gasteiger partial charge on any atom is -0.468 e. The second-order valence-corrected chi connectivity index (χ2v) is 9.65.